The van der Waals surface area contributed by atoms with E-state index in [1.807, 2.05) is 31.2 Å². The number of aromatic amines is 1. The van der Waals surface area contributed by atoms with Crippen molar-refractivity contribution in [2.45, 2.75) is 6.92 Å². The second-order valence-electron chi connectivity index (χ2n) is 6.10. The minimum Gasteiger partial charge on any atom is -0.506 e. The Labute approximate surface area is 160 Å². The number of H-pyrrole nitrogens is 1. The molecule has 0 unspecified atom stereocenters. The lowest BCUT2D eigenvalue weighted by atomic mass is 10.0. The van der Waals surface area contributed by atoms with Crippen molar-refractivity contribution in [3.05, 3.63) is 55.0 Å². The molecule has 4 rings (SSSR count). The molecule has 0 radical (unpaired) electrons. The molecular weight excluding hydrogens is 356 g/mol. The number of nitrogens with one attached hydrogen (secondary N) is 3. The van der Waals surface area contributed by atoms with Crippen molar-refractivity contribution in [2.75, 3.05) is 11.9 Å². The number of aromatic nitrogens is 4. The highest BCUT2D eigenvalue weighted by molar-refractivity contribution is 5.98. The van der Waals surface area contributed by atoms with E-state index >= 15 is 0 Å². The van der Waals surface area contributed by atoms with Crippen molar-refractivity contribution in [1.82, 2.24) is 25.3 Å². The molecule has 0 bridgehead atoms. The smallest absolute Gasteiger partial charge is 0.321 e. The van der Waals surface area contributed by atoms with Crippen LogP contribution in [0.5, 0.6) is 5.75 Å². The van der Waals surface area contributed by atoms with Crippen molar-refractivity contribution in [2.24, 2.45) is 0 Å². The summed E-state index contributed by atoms with van der Waals surface area (Å²) in [6, 6.07) is 10.5. The Morgan fingerprint density at radius 1 is 1.18 bits per heavy atom. The molecule has 4 aromatic rings. The first-order valence-electron chi connectivity index (χ1n) is 8.79. The molecule has 3 heterocycles. The lowest BCUT2D eigenvalue weighted by Crippen LogP contribution is -2.28. The highest BCUT2D eigenvalue weighted by Gasteiger charge is 2.16. The Hall–Kier alpha value is -3.94. The largest absolute Gasteiger partial charge is 0.506 e. The predicted octanol–water partition coefficient (Wildman–Crippen LogP) is 3.53. The van der Waals surface area contributed by atoms with Crippen molar-refractivity contribution >= 4 is 23.0 Å². The summed E-state index contributed by atoms with van der Waals surface area (Å²) in [6.45, 7) is 2.34. The molecular formula is C20H18N6O2. The van der Waals surface area contributed by atoms with Crippen LogP contribution in [0.15, 0.2) is 55.0 Å². The van der Waals surface area contributed by atoms with Gasteiger partial charge in [0.05, 0.1) is 11.0 Å². The molecule has 0 spiro atoms. The number of imidazole rings is 1. The molecule has 0 aliphatic heterocycles. The van der Waals surface area contributed by atoms with Crippen LogP contribution < -0.4 is 10.6 Å². The third kappa shape index (κ3) is 3.35. The van der Waals surface area contributed by atoms with Gasteiger partial charge in [0.25, 0.3) is 0 Å². The number of rotatable bonds is 4. The van der Waals surface area contributed by atoms with E-state index < -0.39 is 0 Å². The molecule has 4 N–H and O–H groups in total. The van der Waals surface area contributed by atoms with E-state index in [2.05, 4.69) is 30.6 Å². The minimum atomic E-state index is -0.351. The Bertz CT molecular complexity index is 1140. The number of nitrogens with zero attached hydrogens (tertiary/aromatic N) is 3. The van der Waals surface area contributed by atoms with E-state index in [-0.39, 0.29) is 11.8 Å². The van der Waals surface area contributed by atoms with Gasteiger partial charge in [-0.15, -0.1) is 0 Å². The number of amides is 2. The molecule has 0 atom stereocenters. The van der Waals surface area contributed by atoms with Gasteiger partial charge in [-0.2, -0.15) is 0 Å². The standard InChI is InChI=1S/C20H18N6O2/c1-2-22-20(28)26-19-24-15-10-13(12-5-3-7-21-11-12)9-14(17(15)25-19)18-16(27)6-4-8-23-18/h3-11,27H,2H2,1H3,(H3,22,24,25,26,28). The Kier molecular flexibility index (Phi) is 4.59. The summed E-state index contributed by atoms with van der Waals surface area (Å²) in [5.41, 5.74) is 4.16. The quantitative estimate of drug-likeness (QED) is 0.436. The van der Waals surface area contributed by atoms with Crippen LogP contribution in [0.3, 0.4) is 0 Å². The number of urea groups is 1. The van der Waals surface area contributed by atoms with E-state index in [1.165, 1.54) is 0 Å². The molecule has 1 aromatic carbocycles. The van der Waals surface area contributed by atoms with Crippen LogP contribution in [0.1, 0.15) is 6.92 Å². The molecule has 0 aliphatic rings. The minimum absolute atomic E-state index is 0.0555. The fourth-order valence-electron chi connectivity index (χ4n) is 2.98. The van der Waals surface area contributed by atoms with Crippen LogP contribution in [-0.2, 0) is 0 Å². The van der Waals surface area contributed by atoms with Gasteiger partial charge in [0.1, 0.15) is 11.4 Å². The molecule has 0 saturated heterocycles. The lowest BCUT2D eigenvalue weighted by Gasteiger charge is -2.08. The Balaban J connectivity index is 1.90. The first kappa shape index (κ1) is 17.5. The maximum atomic E-state index is 11.8. The van der Waals surface area contributed by atoms with Crippen LogP contribution >= 0.6 is 0 Å². The molecule has 2 amide bonds. The van der Waals surface area contributed by atoms with Gasteiger partial charge in [0.15, 0.2) is 0 Å². The summed E-state index contributed by atoms with van der Waals surface area (Å²) < 4.78 is 0. The van der Waals surface area contributed by atoms with Crippen molar-refractivity contribution in [3.8, 4) is 28.1 Å². The van der Waals surface area contributed by atoms with Crippen LogP contribution in [0.2, 0.25) is 0 Å². The molecule has 0 fully saturated rings. The summed E-state index contributed by atoms with van der Waals surface area (Å²) in [5.74, 6) is 0.362. The van der Waals surface area contributed by atoms with Gasteiger partial charge in [-0.05, 0) is 42.8 Å². The van der Waals surface area contributed by atoms with Crippen LogP contribution in [0, 0.1) is 0 Å². The molecule has 0 saturated carbocycles. The second kappa shape index (κ2) is 7.36. The Morgan fingerprint density at radius 2 is 2.04 bits per heavy atom. The van der Waals surface area contributed by atoms with Crippen molar-refractivity contribution < 1.29 is 9.90 Å². The Morgan fingerprint density at radius 3 is 2.79 bits per heavy atom. The zero-order valence-electron chi connectivity index (χ0n) is 15.1. The first-order chi connectivity index (χ1) is 13.7. The van der Waals surface area contributed by atoms with Crippen molar-refractivity contribution in [3.63, 3.8) is 0 Å². The van der Waals surface area contributed by atoms with E-state index in [1.54, 1.807) is 30.7 Å². The predicted molar refractivity (Wildman–Crippen MR) is 107 cm³/mol. The zero-order chi connectivity index (χ0) is 19.5. The number of hydrogen-bond acceptors (Lipinski definition) is 5. The summed E-state index contributed by atoms with van der Waals surface area (Å²) >= 11 is 0. The number of pyridine rings is 2. The SMILES string of the molecule is CCNC(=O)Nc1nc2cc(-c3cccnc3)cc(-c3ncccc3O)c2[nH]1. The van der Waals surface area contributed by atoms with Gasteiger partial charge in [0, 0.05) is 36.3 Å². The molecule has 140 valence electrons. The number of hydrogen-bond donors (Lipinski definition) is 4. The maximum absolute atomic E-state index is 11.8. The maximum Gasteiger partial charge on any atom is 0.321 e. The average molecular weight is 374 g/mol. The van der Waals surface area contributed by atoms with Gasteiger partial charge >= 0.3 is 6.03 Å². The first-order valence-corrected chi connectivity index (χ1v) is 8.79. The normalized spacial score (nSPS) is 10.8. The third-order valence-corrected chi connectivity index (χ3v) is 4.20. The average Bonchev–Trinajstić information content (AvgIpc) is 3.11. The molecule has 0 aliphatic carbocycles. The van der Waals surface area contributed by atoms with E-state index in [0.717, 1.165) is 11.1 Å². The van der Waals surface area contributed by atoms with Crippen LogP contribution in [-0.4, -0.2) is 37.6 Å². The fourth-order valence-corrected chi connectivity index (χ4v) is 2.98. The molecule has 8 heteroatoms. The lowest BCUT2D eigenvalue weighted by molar-refractivity contribution is 0.252. The molecule has 3 aromatic heterocycles. The van der Waals surface area contributed by atoms with Gasteiger partial charge in [-0.1, -0.05) is 6.07 Å². The summed E-state index contributed by atoms with van der Waals surface area (Å²) in [5, 5.41) is 15.7. The molecule has 28 heavy (non-hydrogen) atoms. The fraction of sp³-hybridized carbons (Fsp3) is 0.100. The summed E-state index contributed by atoms with van der Waals surface area (Å²) in [4.78, 5) is 27.9. The second-order valence-corrected chi connectivity index (χ2v) is 6.10. The van der Waals surface area contributed by atoms with Crippen molar-refractivity contribution in [1.29, 1.82) is 0 Å². The monoisotopic (exact) mass is 374 g/mol. The zero-order valence-corrected chi connectivity index (χ0v) is 15.1. The van der Waals surface area contributed by atoms with E-state index in [0.29, 0.717) is 34.8 Å². The number of carbonyl (C=O) groups is 1. The number of benzene rings is 1. The van der Waals surface area contributed by atoms with Crippen LogP contribution in [0.25, 0.3) is 33.4 Å². The highest BCUT2D eigenvalue weighted by atomic mass is 16.3. The van der Waals surface area contributed by atoms with Gasteiger partial charge in [-0.3, -0.25) is 15.3 Å². The van der Waals surface area contributed by atoms with Crippen LogP contribution in [0.4, 0.5) is 10.7 Å². The number of fused-ring (bicyclic) bond motifs is 1. The topological polar surface area (TPSA) is 116 Å². The molecule has 8 nitrogen and oxygen atoms in total. The summed E-state index contributed by atoms with van der Waals surface area (Å²) in [7, 11) is 0. The highest BCUT2D eigenvalue weighted by Crippen LogP contribution is 2.36. The van der Waals surface area contributed by atoms with E-state index in [9.17, 15) is 9.90 Å². The number of anilines is 1. The van der Waals surface area contributed by atoms with Gasteiger partial charge < -0.3 is 15.4 Å². The van der Waals surface area contributed by atoms with Gasteiger partial charge in [0.2, 0.25) is 5.95 Å². The number of carbonyl (C=O) groups excluding carboxylic acids is 1. The number of aromatic hydroxyl groups is 1. The third-order valence-electron chi connectivity index (χ3n) is 4.20. The van der Waals surface area contributed by atoms with Gasteiger partial charge in [-0.25, -0.2) is 9.78 Å². The summed E-state index contributed by atoms with van der Waals surface area (Å²) in [6.07, 6.45) is 5.07. The van der Waals surface area contributed by atoms with E-state index in [4.69, 9.17) is 0 Å².